The zero-order chi connectivity index (χ0) is 9.07. The van der Waals surface area contributed by atoms with Gasteiger partial charge < -0.3 is 5.73 Å². The lowest BCUT2D eigenvalue weighted by Crippen LogP contribution is -2.30. The molecule has 0 aromatic carbocycles. The molecule has 0 saturated carbocycles. The van der Waals surface area contributed by atoms with Gasteiger partial charge in [-0.15, -0.1) is 0 Å². The van der Waals surface area contributed by atoms with Crippen molar-refractivity contribution in [2.24, 2.45) is 11.7 Å². The molecule has 0 aliphatic rings. The van der Waals surface area contributed by atoms with Crippen LogP contribution in [0.3, 0.4) is 0 Å². The summed E-state index contributed by atoms with van der Waals surface area (Å²) < 4.78 is 21.5. The van der Waals surface area contributed by atoms with Crippen LogP contribution in [0.4, 0.5) is 0 Å². The minimum absolute atomic E-state index is 0.102. The van der Waals surface area contributed by atoms with E-state index < -0.39 is 9.84 Å². The molecule has 0 bridgehead atoms. The number of sulfone groups is 1. The summed E-state index contributed by atoms with van der Waals surface area (Å²) in [6.07, 6.45) is 1.99. The normalized spacial score (nSPS) is 15.4. The molecule has 0 aromatic heterocycles. The third kappa shape index (κ3) is 7.81. The number of hydrogen-bond donors (Lipinski definition) is 1. The van der Waals surface area contributed by atoms with Crippen LogP contribution in [-0.2, 0) is 9.84 Å². The van der Waals surface area contributed by atoms with Crippen molar-refractivity contribution in [3.8, 4) is 0 Å². The Kier molecular flexibility index (Phi) is 4.03. The molecule has 0 heterocycles. The Morgan fingerprint density at radius 1 is 1.36 bits per heavy atom. The fourth-order valence-corrected chi connectivity index (χ4v) is 1.98. The van der Waals surface area contributed by atoms with Crippen LogP contribution in [0.25, 0.3) is 0 Å². The molecule has 0 aromatic rings. The van der Waals surface area contributed by atoms with Crippen molar-refractivity contribution in [1.82, 2.24) is 0 Å². The second kappa shape index (κ2) is 4.07. The molecule has 0 aliphatic heterocycles. The third-order valence-corrected chi connectivity index (χ3v) is 2.32. The zero-order valence-electron chi connectivity index (χ0n) is 7.37. The minimum atomic E-state index is -2.89. The van der Waals surface area contributed by atoms with E-state index in [0.29, 0.717) is 5.92 Å². The topological polar surface area (TPSA) is 60.2 Å². The lowest BCUT2D eigenvalue weighted by molar-refractivity contribution is 0.514. The van der Waals surface area contributed by atoms with Gasteiger partial charge in [0.15, 0.2) is 0 Å². The van der Waals surface area contributed by atoms with E-state index in [1.54, 1.807) is 0 Å². The molecule has 0 radical (unpaired) electrons. The molecule has 1 unspecified atom stereocenters. The van der Waals surface area contributed by atoms with E-state index in [-0.39, 0.29) is 11.8 Å². The van der Waals surface area contributed by atoms with Gasteiger partial charge in [0.1, 0.15) is 9.84 Å². The van der Waals surface area contributed by atoms with Gasteiger partial charge >= 0.3 is 0 Å². The fraction of sp³-hybridized carbons (Fsp3) is 1.00. The predicted octanol–water partition coefficient (Wildman–Crippen LogP) is 0.404. The first-order valence-electron chi connectivity index (χ1n) is 3.74. The molecule has 2 N–H and O–H groups in total. The Bertz CT molecular complexity index is 196. The van der Waals surface area contributed by atoms with Crippen LogP contribution >= 0.6 is 0 Å². The SMILES string of the molecule is CC(C)CC(N)CS(C)(=O)=O. The first kappa shape index (κ1) is 10.9. The molecule has 1 atom stereocenters. The molecule has 11 heavy (non-hydrogen) atoms. The standard InChI is InChI=1S/C7H17NO2S/c1-6(2)4-7(8)5-11(3,9)10/h6-7H,4-5,8H2,1-3H3. The van der Waals surface area contributed by atoms with E-state index in [1.165, 1.54) is 6.26 Å². The van der Waals surface area contributed by atoms with Crippen LogP contribution in [0.1, 0.15) is 20.3 Å². The molecule has 0 aliphatic carbocycles. The molecule has 4 heteroatoms. The summed E-state index contributed by atoms with van der Waals surface area (Å²) in [6, 6.07) is -0.204. The van der Waals surface area contributed by atoms with Gasteiger partial charge in [0.05, 0.1) is 5.75 Å². The summed E-state index contributed by atoms with van der Waals surface area (Å²) in [6.45, 7) is 4.06. The van der Waals surface area contributed by atoms with Gasteiger partial charge in [0.25, 0.3) is 0 Å². The summed E-state index contributed by atoms with van der Waals surface area (Å²) in [5.41, 5.74) is 5.58. The van der Waals surface area contributed by atoms with Crippen molar-refractivity contribution in [3.05, 3.63) is 0 Å². The molecular weight excluding hydrogens is 162 g/mol. The van der Waals surface area contributed by atoms with Crippen molar-refractivity contribution in [2.45, 2.75) is 26.3 Å². The van der Waals surface area contributed by atoms with E-state index in [9.17, 15) is 8.42 Å². The maximum atomic E-state index is 10.7. The van der Waals surface area contributed by atoms with Gasteiger partial charge in [-0.3, -0.25) is 0 Å². The Labute approximate surface area is 68.9 Å². The van der Waals surface area contributed by atoms with Crippen LogP contribution < -0.4 is 5.73 Å². The third-order valence-electron chi connectivity index (χ3n) is 1.29. The van der Waals surface area contributed by atoms with Gasteiger partial charge in [-0.1, -0.05) is 13.8 Å². The molecule has 0 saturated heterocycles. The smallest absolute Gasteiger partial charge is 0.148 e. The van der Waals surface area contributed by atoms with Gasteiger partial charge in [-0.25, -0.2) is 8.42 Å². The van der Waals surface area contributed by atoms with E-state index in [2.05, 4.69) is 0 Å². The summed E-state index contributed by atoms with van der Waals surface area (Å²) in [7, 11) is -2.89. The molecule has 68 valence electrons. The molecule has 0 fully saturated rings. The summed E-state index contributed by atoms with van der Waals surface area (Å²) >= 11 is 0. The second-order valence-corrected chi connectivity index (χ2v) is 5.67. The van der Waals surface area contributed by atoms with Crippen LogP contribution in [0.2, 0.25) is 0 Å². The van der Waals surface area contributed by atoms with Crippen molar-refractivity contribution < 1.29 is 8.42 Å². The van der Waals surface area contributed by atoms with Crippen LogP contribution in [0.5, 0.6) is 0 Å². The van der Waals surface area contributed by atoms with E-state index in [0.717, 1.165) is 6.42 Å². The number of hydrogen-bond acceptors (Lipinski definition) is 3. The fourth-order valence-electron chi connectivity index (χ4n) is 1.06. The van der Waals surface area contributed by atoms with Gasteiger partial charge in [-0.05, 0) is 12.3 Å². The Hall–Kier alpha value is -0.0900. The van der Waals surface area contributed by atoms with Crippen molar-refractivity contribution in [3.63, 3.8) is 0 Å². The number of nitrogens with two attached hydrogens (primary N) is 1. The van der Waals surface area contributed by atoms with Crippen molar-refractivity contribution in [1.29, 1.82) is 0 Å². The Balaban J connectivity index is 3.80. The maximum Gasteiger partial charge on any atom is 0.148 e. The zero-order valence-corrected chi connectivity index (χ0v) is 8.19. The van der Waals surface area contributed by atoms with Gasteiger partial charge in [0, 0.05) is 12.3 Å². The van der Waals surface area contributed by atoms with E-state index in [4.69, 9.17) is 5.73 Å². The molecule has 0 spiro atoms. The first-order chi connectivity index (χ1) is 4.81. The highest BCUT2D eigenvalue weighted by atomic mass is 32.2. The summed E-state index contributed by atoms with van der Waals surface area (Å²) in [5, 5.41) is 0. The maximum absolute atomic E-state index is 10.7. The average Bonchev–Trinajstić information content (AvgIpc) is 1.53. The van der Waals surface area contributed by atoms with Crippen molar-refractivity contribution in [2.75, 3.05) is 12.0 Å². The summed E-state index contributed by atoms with van der Waals surface area (Å²) in [5.74, 6) is 0.567. The lowest BCUT2D eigenvalue weighted by atomic mass is 10.1. The Morgan fingerprint density at radius 3 is 2.09 bits per heavy atom. The van der Waals surface area contributed by atoms with E-state index >= 15 is 0 Å². The predicted molar refractivity (Wildman–Crippen MR) is 47.1 cm³/mol. The highest BCUT2D eigenvalue weighted by Crippen LogP contribution is 2.03. The monoisotopic (exact) mass is 179 g/mol. The first-order valence-corrected chi connectivity index (χ1v) is 5.80. The molecule has 0 rings (SSSR count). The highest BCUT2D eigenvalue weighted by molar-refractivity contribution is 7.90. The van der Waals surface area contributed by atoms with Gasteiger partial charge in [-0.2, -0.15) is 0 Å². The Morgan fingerprint density at radius 2 is 1.82 bits per heavy atom. The summed E-state index contributed by atoms with van der Waals surface area (Å²) in [4.78, 5) is 0. The second-order valence-electron chi connectivity index (χ2n) is 3.48. The van der Waals surface area contributed by atoms with E-state index in [1.807, 2.05) is 13.8 Å². The number of rotatable bonds is 4. The quantitative estimate of drug-likeness (QED) is 0.679. The van der Waals surface area contributed by atoms with Crippen LogP contribution in [0.15, 0.2) is 0 Å². The average molecular weight is 179 g/mol. The van der Waals surface area contributed by atoms with Crippen LogP contribution in [0, 0.1) is 5.92 Å². The van der Waals surface area contributed by atoms with Crippen molar-refractivity contribution >= 4 is 9.84 Å². The largest absolute Gasteiger partial charge is 0.327 e. The van der Waals surface area contributed by atoms with Crippen LogP contribution in [-0.4, -0.2) is 26.5 Å². The molecule has 0 amide bonds. The van der Waals surface area contributed by atoms with Gasteiger partial charge in [0.2, 0.25) is 0 Å². The molecule has 3 nitrogen and oxygen atoms in total. The minimum Gasteiger partial charge on any atom is -0.327 e. The molecular formula is C7H17NO2S. The lowest BCUT2D eigenvalue weighted by Gasteiger charge is -2.11. The highest BCUT2D eigenvalue weighted by Gasteiger charge is 2.11.